The fourth-order valence-electron chi connectivity index (χ4n) is 1.52. The second-order valence-corrected chi connectivity index (χ2v) is 6.02. The molecule has 0 heterocycles. The molecule has 0 bridgehead atoms. The average molecular weight is 292 g/mol. The summed E-state index contributed by atoms with van der Waals surface area (Å²) in [6, 6.07) is 5.69. The monoisotopic (exact) mass is 291 g/mol. The van der Waals surface area contributed by atoms with Crippen LogP contribution in [0.1, 0.15) is 18.9 Å². The fraction of sp³-hybridized carbons (Fsp3) is 0.538. The van der Waals surface area contributed by atoms with Crippen LogP contribution in [-0.4, -0.2) is 24.6 Å². The largest absolute Gasteiger partial charge is 0.316 e. The predicted molar refractivity (Wildman–Crippen MR) is 80.7 cm³/mol. The lowest BCUT2D eigenvalue weighted by Gasteiger charge is -2.06. The summed E-state index contributed by atoms with van der Waals surface area (Å²) < 4.78 is 0. The molecule has 1 rings (SSSR count). The van der Waals surface area contributed by atoms with E-state index in [1.807, 2.05) is 23.9 Å². The van der Waals surface area contributed by atoms with E-state index in [9.17, 15) is 0 Å². The Morgan fingerprint density at radius 2 is 2.06 bits per heavy atom. The Morgan fingerprint density at radius 3 is 2.76 bits per heavy atom. The number of hydrogen-bond acceptors (Lipinski definition) is 2. The van der Waals surface area contributed by atoms with Gasteiger partial charge in [-0.05, 0) is 55.1 Å². The summed E-state index contributed by atoms with van der Waals surface area (Å²) >= 11 is 13.9. The zero-order valence-electron chi connectivity index (χ0n) is 10.1. The third-order valence-electron chi connectivity index (χ3n) is 2.43. The van der Waals surface area contributed by atoms with Crippen molar-refractivity contribution >= 4 is 35.0 Å². The van der Waals surface area contributed by atoms with Gasteiger partial charge in [-0.15, -0.1) is 0 Å². The van der Waals surface area contributed by atoms with E-state index in [2.05, 4.69) is 12.2 Å². The molecule has 4 heteroatoms. The lowest BCUT2D eigenvalue weighted by molar-refractivity contribution is 0.674. The molecule has 0 unspecified atom stereocenters. The molecule has 1 aromatic rings. The lowest BCUT2D eigenvalue weighted by atomic mass is 10.1. The van der Waals surface area contributed by atoms with E-state index in [1.54, 1.807) is 6.07 Å². The standard InChI is InChI=1S/C13H19Cl2NS/c1-2-17-9-3-7-16-8-6-11-4-5-12(14)10-13(11)15/h4-5,10,16H,2-3,6-9H2,1H3. The van der Waals surface area contributed by atoms with Crippen LogP contribution < -0.4 is 5.32 Å². The molecule has 96 valence electrons. The maximum absolute atomic E-state index is 6.10. The van der Waals surface area contributed by atoms with E-state index >= 15 is 0 Å². The van der Waals surface area contributed by atoms with Gasteiger partial charge in [-0.2, -0.15) is 11.8 Å². The Kier molecular flexibility index (Phi) is 8.12. The number of rotatable bonds is 8. The molecule has 17 heavy (non-hydrogen) atoms. The summed E-state index contributed by atoms with van der Waals surface area (Å²) in [6.45, 7) is 4.25. The van der Waals surface area contributed by atoms with Crippen LogP contribution in [0.5, 0.6) is 0 Å². The van der Waals surface area contributed by atoms with E-state index < -0.39 is 0 Å². The summed E-state index contributed by atoms with van der Waals surface area (Å²) in [5.74, 6) is 2.45. The minimum absolute atomic E-state index is 0.697. The highest BCUT2D eigenvalue weighted by Crippen LogP contribution is 2.20. The zero-order valence-corrected chi connectivity index (χ0v) is 12.5. The van der Waals surface area contributed by atoms with Crippen molar-refractivity contribution in [3.05, 3.63) is 33.8 Å². The molecule has 0 aromatic heterocycles. The molecule has 0 aliphatic heterocycles. The summed E-state index contributed by atoms with van der Waals surface area (Å²) in [7, 11) is 0. The highest BCUT2D eigenvalue weighted by atomic mass is 35.5. The first kappa shape index (κ1) is 15.2. The quantitative estimate of drug-likeness (QED) is 0.718. The molecule has 0 saturated carbocycles. The molecular formula is C13H19Cl2NS. The maximum Gasteiger partial charge on any atom is 0.0453 e. The number of benzene rings is 1. The minimum Gasteiger partial charge on any atom is -0.316 e. The van der Waals surface area contributed by atoms with Crippen LogP contribution in [0.3, 0.4) is 0 Å². The van der Waals surface area contributed by atoms with Gasteiger partial charge in [-0.25, -0.2) is 0 Å². The fourth-order valence-corrected chi connectivity index (χ4v) is 2.66. The Balaban J connectivity index is 2.14. The first-order valence-electron chi connectivity index (χ1n) is 5.96. The van der Waals surface area contributed by atoms with Crippen molar-refractivity contribution in [2.75, 3.05) is 24.6 Å². The van der Waals surface area contributed by atoms with E-state index in [4.69, 9.17) is 23.2 Å². The summed E-state index contributed by atoms with van der Waals surface area (Å²) in [6.07, 6.45) is 2.18. The van der Waals surface area contributed by atoms with Crippen molar-refractivity contribution in [1.29, 1.82) is 0 Å². The highest BCUT2D eigenvalue weighted by molar-refractivity contribution is 7.99. The van der Waals surface area contributed by atoms with Crippen molar-refractivity contribution in [2.45, 2.75) is 19.8 Å². The Hall–Kier alpha value is 0.110. The number of hydrogen-bond donors (Lipinski definition) is 1. The maximum atomic E-state index is 6.10. The number of thioether (sulfide) groups is 1. The van der Waals surface area contributed by atoms with Crippen LogP contribution in [0, 0.1) is 0 Å². The second kappa shape index (κ2) is 9.09. The molecule has 0 fully saturated rings. The van der Waals surface area contributed by atoms with Gasteiger partial charge in [0, 0.05) is 10.0 Å². The van der Waals surface area contributed by atoms with Gasteiger partial charge in [-0.1, -0.05) is 36.2 Å². The second-order valence-electron chi connectivity index (χ2n) is 3.79. The molecule has 1 nitrogen and oxygen atoms in total. The minimum atomic E-state index is 0.697. The molecule has 1 aromatic carbocycles. The highest BCUT2D eigenvalue weighted by Gasteiger charge is 2.00. The van der Waals surface area contributed by atoms with Crippen molar-refractivity contribution in [1.82, 2.24) is 5.32 Å². The van der Waals surface area contributed by atoms with Crippen LogP contribution in [0.15, 0.2) is 18.2 Å². The Morgan fingerprint density at radius 1 is 1.24 bits per heavy atom. The first-order valence-corrected chi connectivity index (χ1v) is 7.87. The third-order valence-corrected chi connectivity index (χ3v) is 4.01. The van der Waals surface area contributed by atoms with E-state index in [1.165, 1.54) is 17.9 Å². The lowest BCUT2D eigenvalue weighted by Crippen LogP contribution is -2.19. The molecule has 0 amide bonds. The average Bonchev–Trinajstić information content (AvgIpc) is 2.30. The summed E-state index contributed by atoms with van der Waals surface area (Å²) in [5.41, 5.74) is 1.16. The molecule has 0 saturated heterocycles. The first-order chi connectivity index (χ1) is 8.24. The van der Waals surface area contributed by atoms with Gasteiger partial charge < -0.3 is 5.32 Å². The van der Waals surface area contributed by atoms with Crippen molar-refractivity contribution < 1.29 is 0 Å². The van der Waals surface area contributed by atoms with E-state index in [-0.39, 0.29) is 0 Å². The number of halogens is 2. The Bertz CT molecular complexity index is 331. The number of nitrogens with one attached hydrogen (secondary N) is 1. The predicted octanol–water partition coefficient (Wildman–Crippen LogP) is 4.27. The van der Waals surface area contributed by atoms with Crippen LogP contribution in [0.25, 0.3) is 0 Å². The third kappa shape index (κ3) is 6.56. The van der Waals surface area contributed by atoms with Gasteiger partial charge >= 0.3 is 0 Å². The zero-order chi connectivity index (χ0) is 12.5. The Labute approximate surface area is 118 Å². The molecule has 0 atom stereocenters. The van der Waals surface area contributed by atoms with Gasteiger partial charge in [0.15, 0.2) is 0 Å². The summed E-state index contributed by atoms with van der Waals surface area (Å²) in [4.78, 5) is 0. The SMILES string of the molecule is CCSCCCNCCc1ccc(Cl)cc1Cl. The van der Waals surface area contributed by atoms with Crippen LogP contribution in [-0.2, 0) is 6.42 Å². The van der Waals surface area contributed by atoms with Crippen molar-refractivity contribution in [3.8, 4) is 0 Å². The van der Waals surface area contributed by atoms with Crippen LogP contribution >= 0.6 is 35.0 Å². The molecular weight excluding hydrogens is 273 g/mol. The van der Waals surface area contributed by atoms with E-state index in [0.717, 1.165) is 30.1 Å². The normalized spacial score (nSPS) is 10.8. The van der Waals surface area contributed by atoms with Gasteiger partial charge in [0.25, 0.3) is 0 Å². The van der Waals surface area contributed by atoms with Crippen LogP contribution in [0.2, 0.25) is 10.0 Å². The molecule has 0 radical (unpaired) electrons. The van der Waals surface area contributed by atoms with E-state index in [0.29, 0.717) is 5.02 Å². The molecule has 0 spiro atoms. The van der Waals surface area contributed by atoms with Gasteiger partial charge in [-0.3, -0.25) is 0 Å². The topological polar surface area (TPSA) is 12.0 Å². The summed E-state index contributed by atoms with van der Waals surface area (Å²) in [5, 5.41) is 4.89. The van der Waals surface area contributed by atoms with Crippen molar-refractivity contribution in [3.63, 3.8) is 0 Å². The molecule has 0 aliphatic carbocycles. The molecule has 0 aliphatic rings. The van der Waals surface area contributed by atoms with Crippen LogP contribution in [0.4, 0.5) is 0 Å². The van der Waals surface area contributed by atoms with Crippen molar-refractivity contribution in [2.24, 2.45) is 0 Å². The van der Waals surface area contributed by atoms with Gasteiger partial charge in [0.1, 0.15) is 0 Å². The van der Waals surface area contributed by atoms with Gasteiger partial charge in [0.05, 0.1) is 0 Å². The van der Waals surface area contributed by atoms with Gasteiger partial charge in [0.2, 0.25) is 0 Å². The smallest absolute Gasteiger partial charge is 0.0453 e. The molecule has 1 N–H and O–H groups in total.